The average Bonchev–Trinajstić information content (AvgIpc) is 2.83. The molecule has 0 radical (unpaired) electrons. The van der Waals surface area contributed by atoms with Crippen LogP contribution in [0.2, 0.25) is 118 Å². The van der Waals surface area contributed by atoms with Gasteiger partial charge in [-0.3, -0.25) is 4.52 Å². The maximum atomic E-state index is 14.2. The second kappa shape index (κ2) is 13.3. The Morgan fingerprint density at radius 2 is 1.07 bits per heavy atom. The van der Waals surface area contributed by atoms with E-state index in [-0.39, 0.29) is 6.61 Å². The van der Waals surface area contributed by atoms with E-state index in [1.807, 2.05) is 39.3 Å². The van der Waals surface area contributed by atoms with Crippen LogP contribution in [0.4, 0.5) is 0 Å². The molecule has 1 heterocycles. The van der Waals surface area contributed by atoms with Crippen LogP contribution >= 0.6 is 7.82 Å². The third-order valence-corrected chi connectivity index (χ3v) is 15.3. The van der Waals surface area contributed by atoms with Crippen molar-refractivity contribution >= 4 is 57.7 Å². The topological polar surface area (TPSA) is 90.9 Å². The summed E-state index contributed by atoms with van der Waals surface area (Å²) in [5.41, 5.74) is 0. The van der Waals surface area contributed by atoms with Gasteiger partial charge in [-0.1, -0.05) is 0 Å². The third kappa shape index (κ3) is 15.3. The summed E-state index contributed by atoms with van der Waals surface area (Å²) < 4.78 is 66.4. The predicted molar refractivity (Wildman–Crippen MR) is 180 cm³/mol. The lowest BCUT2D eigenvalue weighted by molar-refractivity contribution is -0.229. The number of phosphoric acid groups is 1. The van der Waals surface area contributed by atoms with Gasteiger partial charge in [-0.15, -0.1) is 0 Å². The molecule has 0 spiro atoms. The minimum atomic E-state index is -3.94. The Labute approximate surface area is 252 Å². The first-order valence-corrected chi connectivity index (χ1v) is 36.3. The molecule has 0 aliphatic carbocycles. The van der Waals surface area contributed by atoms with Crippen molar-refractivity contribution in [3.05, 3.63) is 0 Å². The Balaban J connectivity index is 3.73. The standard InChI is InChI=1S/C24H61O9PSi6/c1-35(2,3)27-19-21-22(29-36(4,5)6)23(30-37(7,8)9)24(28-21,31-38(10,11)12)20-26-34(25,32-39(13,14)15)33-40(16,17)18/h21-23H,19-20H2,1-18H3. The molecule has 1 rings (SSSR count). The summed E-state index contributed by atoms with van der Waals surface area (Å²) in [5, 5.41) is 0. The second-order valence-corrected chi connectivity index (χ2v) is 45.5. The molecule has 1 aliphatic heterocycles. The Hall–Kier alpha value is 1.21. The van der Waals surface area contributed by atoms with E-state index >= 15 is 0 Å². The van der Waals surface area contributed by atoms with Gasteiger partial charge in [0, 0.05) is 0 Å². The van der Waals surface area contributed by atoms with Gasteiger partial charge in [0.15, 0.2) is 49.9 Å². The van der Waals surface area contributed by atoms with Gasteiger partial charge in [0.1, 0.15) is 24.9 Å². The molecule has 0 aromatic heterocycles. The predicted octanol–water partition coefficient (Wildman–Crippen LogP) is 8.05. The lowest BCUT2D eigenvalue weighted by atomic mass is 10.1. The molecule has 240 valence electrons. The molecule has 0 saturated carbocycles. The molecule has 0 aromatic carbocycles. The number of ether oxygens (including phenoxy) is 1. The SMILES string of the molecule is C[Si](C)(C)OCC1OC(COP(=O)(O[Si](C)(C)C)O[Si](C)(C)C)(O[Si](C)(C)C)C(O[Si](C)(C)C)C1O[Si](C)(C)C. The molecule has 0 N–H and O–H groups in total. The van der Waals surface area contributed by atoms with Crippen LogP contribution in [0.5, 0.6) is 0 Å². The molecule has 1 saturated heterocycles. The number of hydrogen-bond acceptors (Lipinski definition) is 9. The van der Waals surface area contributed by atoms with Crippen molar-refractivity contribution in [2.75, 3.05) is 13.2 Å². The molecule has 4 atom stereocenters. The molecule has 0 bridgehead atoms. The largest absolute Gasteiger partial charge is 0.455 e. The van der Waals surface area contributed by atoms with Crippen LogP contribution in [-0.4, -0.2) is 87.2 Å². The van der Waals surface area contributed by atoms with Crippen molar-refractivity contribution < 1.29 is 40.0 Å². The van der Waals surface area contributed by atoms with Crippen LogP contribution in [0.1, 0.15) is 0 Å². The Morgan fingerprint density at radius 1 is 0.625 bits per heavy atom. The molecular formula is C24H61O9PSi6. The smallest absolute Gasteiger partial charge is 0.415 e. The second-order valence-electron chi connectivity index (χ2n) is 16.6. The molecule has 0 aromatic rings. The van der Waals surface area contributed by atoms with Crippen LogP contribution in [0, 0.1) is 0 Å². The quantitative estimate of drug-likeness (QED) is 0.118. The third-order valence-electron chi connectivity index (χ3n) is 4.77. The molecule has 9 nitrogen and oxygen atoms in total. The van der Waals surface area contributed by atoms with Crippen molar-refractivity contribution in [3.63, 3.8) is 0 Å². The van der Waals surface area contributed by atoms with Crippen LogP contribution in [-0.2, 0) is 40.0 Å². The van der Waals surface area contributed by atoms with Crippen LogP contribution < -0.4 is 0 Å². The summed E-state index contributed by atoms with van der Waals surface area (Å²) in [6.45, 7) is 37.6. The fourth-order valence-electron chi connectivity index (χ4n) is 4.04. The van der Waals surface area contributed by atoms with Gasteiger partial charge >= 0.3 is 7.82 Å². The van der Waals surface area contributed by atoms with E-state index < -0.39 is 81.8 Å². The summed E-state index contributed by atoms with van der Waals surface area (Å²) >= 11 is 0. The lowest BCUT2D eigenvalue weighted by Gasteiger charge is -2.43. The van der Waals surface area contributed by atoms with Crippen molar-refractivity contribution in [1.29, 1.82) is 0 Å². The van der Waals surface area contributed by atoms with Crippen LogP contribution in [0.15, 0.2) is 0 Å². The highest BCUT2D eigenvalue weighted by molar-refractivity contribution is 7.52. The van der Waals surface area contributed by atoms with Gasteiger partial charge in [-0.05, 0) is 118 Å². The molecule has 16 heteroatoms. The fourth-order valence-corrected chi connectivity index (χ4v) is 14.7. The van der Waals surface area contributed by atoms with Gasteiger partial charge in [0.25, 0.3) is 0 Å². The minimum Gasteiger partial charge on any atom is -0.415 e. The van der Waals surface area contributed by atoms with Crippen molar-refractivity contribution in [2.24, 2.45) is 0 Å². The van der Waals surface area contributed by atoms with Gasteiger partial charge in [0.2, 0.25) is 5.79 Å². The molecule has 1 fully saturated rings. The zero-order valence-electron chi connectivity index (χ0n) is 28.8. The zero-order valence-corrected chi connectivity index (χ0v) is 35.7. The highest BCUT2D eigenvalue weighted by Crippen LogP contribution is 2.55. The van der Waals surface area contributed by atoms with Crippen molar-refractivity contribution in [1.82, 2.24) is 0 Å². The monoisotopic (exact) mass is 692 g/mol. The van der Waals surface area contributed by atoms with Crippen molar-refractivity contribution in [2.45, 2.75) is 142 Å². The Bertz CT molecular complexity index is 849. The van der Waals surface area contributed by atoms with Gasteiger partial charge in [-0.2, -0.15) is 0 Å². The van der Waals surface area contributed by atoms with E-state index in [1.165, 1.54) is 0 Å². The molecular weight excluding hydrogens is 632 g/mol. The van der Waals surface area contributed by atoms with Crippen LogP contribution in [0.3, 0.4) is 0 Å². The molecule has 40 heavy (non-hydrogen) atoms. The number of rotatable bonds is 16. The van der Waals surface area contributed by atoms with E-state index in [9.17, 15) is 4.57 Å². The number of hydrogen-bond donors (Lipinski definition) is 0. The summed E-state index contributed by atoms with van der Waals surface area (Å²) in [7, 11) is -16.9. The molecule has 0 amide bonds. The zero-order chi connectivity index (χ0) is 31.8. The average molecular weight is 693 g/mol. The first kappa shape index (κ1) is 39.2. The summed E-state index contributed by atoms with van der Waals surface area (Å²) in [5.74, 6) is -1.37. The maximum absolute atomic E-state index is 14.2. The highest BCUT2D eigenvalue weighted by atomic mass is 31.2. The summed E-state index contributed by atoms with van der Waals surface area (Å²) in [6.07, 6.45) is -1.50. The van der Waals surface area contributed by atoms with E-state index in [2.05, 4.69) is 78.6 Å². The fraction of sp³-hybridized carbons (Fsp3) is 1.00. The summed E-state index contributed by atoms with van der Waals surface area (Å²) in [6, 6.07) is 0. The Kier molecular flexibility index (Phi) is 13.0. The van der Waals surface area contributed by atoms with E-state index in [4.69, 9.17) is 35.4 Å². The Morgan fingerprint density at radius 3 is 1.43 bits per heavy atom. The van der Waals surface area contributed by atoms with E-state index in [1.54, 1.807) is 0 Å². The van der Waals surface area contributed by atoms with Crippen LogP contribution in [0.25, 0.3) is 0 Å². The first-order valence-electron chi connectivity index (χ1n) is 14.4. The minimum absolute atomic E-state index is 0.173. The normalized spacial score (nSPS) is 26.0. The van der Waals surface area contributed by atoms with Gasteiger partial charge in [0.05, 0.1) is 6.61 Å². The lowest BCUT2D eigenvalue weighted by Crippen LogP contribution is -2.58. The molecule has 1 aliphatic rings. The summed E-state index contributed by atoms with van der Waals surface area (Å²) in [4.78, 5) is 0. The first-order chi connectivity index (χ1) is 17.3. The highest BCUT2D eigenvalue weighted by Gasteiger charge is 2.61. The van der Waals surface area contributed by atoms with Gasteiger partial charge < -0.3 is 30.9 Å². The van der Waals surface area contributed by atoms with Gasteiger partial charge in [-0.25, -0.2) is 4.57 Å². The molecule has 4 unspecified atom stereocenters. The van der Waals surface area contributed by atoms with Crippen molar-refractivity contribution in [3.8, 4) is 0 Å². The van der Waals surface area contributed by atoms with E-state index in [0.717, 1.165) is 0 Å². The maximum Gasteiger partial charge on any atom is 0.455 e. The van der Waals surface area contributed by atoms with E-state index in [0.29, 0.717) is 6.61 Å².